The molecule has 3 nitrogen and oxygen atoms in total. The Morgan fingerprint density at radius 1 is 1.29 bits per heavy atom. The van der Waals surface area contributed by atoms with Crippen LogP contribution in [0.25, 0.3) is 0 Å². The van der Waals surface area contributed by atoms with Crippen molar-refractivity contribution in [2.75, 3.05) is 19.0 Å². The first-order valence-electron chi connectivity index (χ1n) is 6.22. The molecule has 0 aromatic heterocycles. The average molecular weight is 235 g/mol. The Kier molecular flexibility index (Phi) is 4.02. The lowest BCUT2D eigenvalue weighted by Gasteiger charge is -2.43. The van der Waals surface area contributed by atoms with Gasteiger partial charge in [0, 0.05) is 19.4 Å². The summed E-state index contributed by atoms with van der Waals surface area (Å²) in [5.41, 5.74) is 2.43. The molecule has 2 rings (SSSR count). The Morgan fingerprint density at radius 2 is 2.00 bits per heavy atom. The van der Waals surface area contributed by atoms with Crippen LogP contribution in [0.2, 0.25) is 0 Å². The van der Waals surface area contributed by atoms with E-state index in [1.807, 2.05) is 6.92 Å². The van der Waals surface area contributed by atoms with Crippen molar-refractivity contribution in [1.82, 2.24) is 0 Å². The van der Waals surface area contributed by atoms with Crippen LogP contribution in [0.15, 0.2) is 24.3 Å². The predicted octanol–water partition coefficient (Wildman–Crippen LogP) is 2.60. The zero-order valence-electron chi connectivity index (χ0n) is 10.8. The number of methoxy groups -OCH3 is 1. The van der Waals surface area contributed by atoms with E-state index in [-0.39, 0.29) is 12.2 Å². The summed E-state index contributed by atoms with van der Waals surface area (Å²) >= 11 is 0. The van der Waals surface area contributed by atoms with Crippen LogP contribution in [-0.2, 0) is 9.47 Å². The molecule has 1 aromatic rings. The number of ether oxygens (including phenoxy) is 2. The molecule has 1 saturated carbocycles. The van der Waals surface area contributed by atoms with Crippen molar-refractivity contribution in [2.45, 2.75) is 38.5 Å². The highest BCUT2D eigenvalue weighted by Gasteiger charge is 2.42. The highest BCUT2D eigenvalue weighted by molar-refractivity contribution is 5.46. The van der Waals surface area contributed by atoms with E-state index in [1.165, 1.54) is 5.56 Å². The fraction of sp³-hybridized carbons (Fsp3) is 0.571. The molecule has 0 amide bonds. The van der Waals surface area contributed by atoms with Crippen LogP contribution in [0.3, 0.4) is 0 Å². The van der Waals surface area contributed by atoms with Crippen molar-refractivity contribution >= 4 is 5.69 Å². The first-order chi connectivity index (χ1) is 8.24. The Morgan fingerprint density at radius 3 is 2.59 bits per heavy atom. The summed E-state index contributed by atoms with van der Waals surface area (Å²) in [6.45, 7) is 4.87. The minimum Gasteiger partial charge on any atom is -0.379 e. The van der Waals surface area contributed by atoms with Gasteiger partial charge in [0.05, 0.1) is 12.1 Å². The molecule has 3 unspecified atom stereocenters. The van der Waals surface area contributed by atoms with Crippen LogP contribution in [0, 0.1) is 6.92 Å². The summed E-state index contributed by atoms with van der Waals surface area (Å²) in [6, 6.07) is 8.80. The SMILES string of the molecule is CCOC1CC(Nc2ccc(C)cc2)C1OC. The largest absolute Gasteiger partial charge is 0.379 e. The molecule has 1 aliphatic rings. The average Bonchev–Trinajstić information content (AvgIpc) is 2.30. The van der Waals surface area contributed by atoms with E-state index >= 15 is 0 Å². The Balaban J connectivity index is 1.90. The maximum atomic E-state index is 5.60. The molecule has 0 radical (unpaired) electrons. The minimum atomic E-state index is 0.163. The third-order valence-corrected chi connectivity index (χ3v) is 3.31. The normalized spacial score (nSPS) is 27.6. The fourth-order valence-electron chi connectivity index (χ4n) is 2.28. The van der Waals surface area contributed by atoms with Crippen molar-refractivity contribution in [3.8, 4) is 0 Å². The van der Waals surface area contributed by atoms with Crippen LogP contribution in [0.4, 0.5) is 5.69 Å². The van der Waals surface area contributed by atoms with Crippen LogP contribution in [-0.4, -0.2) is 32.0 Å². The zero-order valence-corrected chi connectivity index (χ0v) is 10.8. The van der Waals surface area contributed by atoms with Gasteiger partial charge in [-0.2, -0.15) is 0 Å². The van der Waals surface area contributed by atoms with Gasteiger partial charge in [-0.15, -0.1) is 0 Å². The first-order valence-corrected chi connectivity index (χ1v) is 6.22. The van der Waals surface area contributed by atoms with Crippen molar-refractivity contribution in [1.29, 1.82) is 0 Å². The van der Waals surface area contributed by atoms with Gasteiger partial charge in [0.1, 0.15) is 6.10 Å². The van der Waals surface area contributed by atoms with E-state index < -0.39 is 0 Å². The minimum absolute atomic E-state index is 0.163. The molecule has 1 fully saturated rings. The molecular weight excluding hydrogens is 214 g/mol. The van der Waals surface area contributed by atoms with Gasteiger partial charge in [-0.25, -0.2) is 0 Å². The van der Waals surface area contributed by atoms with Gasteiger partial charge < -0.3 is 14.8 Å². The first kappa shape index (κ1) is 12.4. The van der Waals surface area contributed by atoms with E-state index in [0.29, 0.717) is 6.04 Å². The third kappa shape index (κ3) is 2.79. The van der Waals surface area contributed by atoms with Gasteiger partial charge in [-0.1, -0.05) is 17.7 Å². The second-order valence-electron chi connectivity index (χ2n) is 4.55. The molecule has 0 heterocycles. The third-order valence-electron chi connectivity index (χ3n) is 3.31. The number of rotatable bonds is 5. The molecule has 3 heteroatoms. The monoisotopic (exact) mass is 235 g/mol. The Bertz CT molecular complexity index is 350. The Labute approximate surface area is 103 Å². The number of benzene rings is 1. The highest BCUT2D eigenvalue weighted by atomic mass is 16.5. The lowest BCUT2D eigenvalue weighted by Crippen LogP contribution is -2.56. The Hall–Kier alpha value is -1.06. The van der Waals surface area contributed by atoms with Crippen LogP contribution in [0.5, 0.6) is 0 Å². The summed E-state index contributed by atoms with van der Waals surface area (Å²) < 4.78 is 11.1. The molecule has 17 heavy (non-hydrogen) atoms. The number of hydrogen-bond donors (Lipinski definition) is 1. The summed E-state index contributed by atoms with van der Waals surface area (Å²) in [4.78, 5) is 0. The summed E-state index contributed by atoms with van der Waals surface area (Å²) in [5.74, 6) is 0. The van der Waals surface area contributed by atoms with E-state index in [4.69, 9.17) is 9.47 Å². The molecule has 1 N–H and O–H groups in total. The topological polar surface area (TPSA) is 30.5 Å². The molecule has 1 aliphatic carbocycles. The van der Waals surface area contributed by atoms with Crippen LogP contribution in [0.1, 0.15) is 18.9 Å². The predicted molar refractivity (Wildman–Crippen MR) is 69.4 cm³/mol. The molecular formula is C14H21NO2. The van der Waals surface area contributed by atoms with Gasteiger partial charge >= 0.3 is 0 Å². The van der Waals surface area contributed by atoms with E-state index in [2.05, 4.69) is 36.5 Å². The second-order valence-corrected chi connectivity index (χ2v) is 4.55. The van der Waals surface area contributed by atoms with Crippen molar-refractivity contribution in [3.05, 3.63) is 29.8 Å². The number of anilines is 1. The van der Waals surface area contributed by atoms with Gasteiger partial charge in [-0.3, -0.25) is 0 Å². The zero-order chi connectivity index (χ0) is 12.3. The van der Waals surface area contributed by atoms with Crippen molar-refractivity contribution in [2.24, 2.45) is 0 Å². The molecule has 0 bridgehead atoms. The van der Waals surface area contributed by atoms with E-state index in [9.17, 15) is 0 Å². The van der Waals surface area contributed by atoms with Gasteiger partial charge in [-0.05, 0) is 32.4 Å². The molecule has 0 saturated heterocycles. The van der Waals surface area contributed by atoms with Crippen LogP contribution < -0.4 is 5.32 Å². The van der Waals surface area contributed by atoms with Crippen molar-refractivity contribution < 1.29 is 9.47 Å². The summed E-state index contributed by atoms with van der Waals surface area (Å²) in [5, 5.41) is 3.49. The maximum Gasteiger partial charge on any atom is 0.103 e. The van der Waals surface area contributed by atoms with E-state index in [1.54, 1.807) is 7.11 Å². The molecule has 1 aromatic carbocycles. The quantitative estimate of drug-likeness (QED) is 0.851. The molecule has 0 aliphatic heterocycles. The molecule has 0 spiro atoms. The van der Waals surface area contributed by atoms with Crippen molar-refractivity contribution in [3.63, 3.8) is 0 Å². The highest BCUT2D eigenvalue weighted by Crippen LogP contribution is 2.29. The fourth-order valence-corrected chi connectivity index (χ4v) is 2.28. The van der Waals surface area contributed by atoms with Gasteiger partial charge in [0.25, 0.3) is 0 Å². The van der Waals surface area contributed by atoms with Crippen LogP contribution >= 0.6 is 0 Å². The lowest BCUT2D eigenvalue weighted by molar-refractivity contribution is -0.118. The molecule has 94 valence electrons. The number of aryl methyl sites for hydroxylation is 1. The summed E-state index contributed by atoms with van der Waals surface area (Å²) in [6.07, 6.45) is 1.42. The standard InChI is InChI=1S/C14H21NO2/c1-4-17-13-9-12(14(13)16-3)15-11-7-5-10(2)6-8-11/h5-8,12-15H,4,9H2,1-3H3. The molecule has 3 atom stereocenters. The lowest BCUT2D eigenvalue weighted by atomic mass is 9.85. The van der Waals surface area contributed by atoms with Gasteiger partial charge in [0.15, 0.2) is 0 Å². The maximum absolute atomic E-state index is 5.60. The number of nitrogens with one attached hydrogen (secondary N) is 1. The van der Waals surface area contributed by atoms with E-state index in [0.717, 1.165) is 18.7 Å². The van der Waals surface area contributed by atoms with Gasteiger partial charge in [0.2, 0.25) is 0 Å². The summed E-state index contributed by atoms with van der Waals surface area (Å²) in [7, 11) is 1.75. The second kappa shape index (κ2) is 5.52. The number of hydrogen-bond acceptors (Lipinski definition) is 3. The smallest absolute Gasteiger partial charge is 0.103 e.